The molecule has 1 fully saturated rings. The van der Waals surface area contributed by atoms with Crippen molar-refractivity contribution in [3.05, 3.63) is 106 Å². The van der Waals surface area contributed by atoms with Crippen LogP contribution >= 0.6 is 13.5 Å². The maximum atomic E-state index is 14.0. The number of piperidine rings is 1. The molecule has 0 bridgehead atoms. The summed E-state index contributed by atoms with van der Waals surface area (Å²) in [5, 5.41) is 5.72. The first kappa shape index (κ1) is 32.5. The lowest BCUT2D eigenvalue weighted by Crippen LogP contribution is -2.51. The molecular weight excluding hydrogens is 580 g/mol. The van der Waals surface area contributed by atoms with E-state index in [0.717, 1.165) is 16.7 Å². The highest BCUT2D eigenvalue weighted by molar-refractivity contribution is 7.59. The van der Waals surface area contributed by atoms with Crippen molar-refractivity contribution in [2.24, 2.45) is 7.05 Å². The van der Waals surface area contributed by atoms with Crippen molar-refractivity contribution in [2.75, 3.05) is 26.7 Å². The molecule has 0 radical (unpaired) electrons. The van der Waals surface area contributed by atoms with E-state index in [-0.39, 0.29) is 49.0 Å². The monoisotopic (exact) mass is 618 g/mol. The number of hydrogen-bond donors (Lipinski definition) is 2. The fourth-order valence-electron chi connectivity index (χ4n) is 6.36. The van der Waals surface area contributed by atoms with E-state index in [1.807, 2.05) is 59.5 Å². The third kappa shape index (κ3) is 6.28. The molecule has 0 unspecified atom stereocenters. The number of esters is 1. The summed E-state index contributed by atoms with van der Waals surface area (Å²) in [7, 11) is 2.88. The van der Waals surface area contributed by atoms with Crippen LogP contribution in [0.2, 0.25) is 0 Å². The molecule has 2 atom stereocenters. The number of carbonyl (C=O) groups excluding carboxylic acids is 4. The number of rotatable bonds is 7. The number of carbonyl (C=O) groups is 4. The molecule has 2 N–H and O–H groups in total. The summed E-state index contributed by atoms with van der Waals surface area (Å²) >= 11 is 0. The molecule has 1 aliphatic heterocycles. The molecule has 11 heteroatoms. The van der Waals surface area contributed by atoms with Crippen LogP contribution in [0, 0.1) is 0 Å². The number of nitrogens with one attached hydrogen (secondary N) is 2. The largest absolute Gasteiger partial charge is 0.468 e. The number of benzene rings is 2. The minimum Gasteiger partial charge on any atom is -0.468 e. The van der Waals surface area contributed by atoms with E-state index in [9.17, 15) is 24.0 Å². The van der Waals surface area contributed by atoms with E-state index in [0.29, 0.717) is 38.8 Å². The van der Waals surface area contributed by atoms with Gasteiger partial charge in [-0.15, -0.1) is 0 Å². The fraction of sp³-hybridized carbons (Fsp3) is 0.364. The van der Waals surface area contributed by atoms with Crippen LogP contribution in [0.15, 0.2) is 77.7 Å². The number of fused-ring (bicyclic) bond motifs is 1. The zero-order valence-corrected chi connectivity index (χ0v) is 25.9. The van der Waals surface area contributed by atoms with E-state index < -0.39 is 23.2 Å². The normalized spacial score (nSPS) is 19.6. The van der Waals surface area contributed by atoms with Crippen LogP contribution in [-0.4, -0.2) is 65.9 Å². The number of ether oxygens (including phenoxy) is 1. The Kier molecular flexibility index (Phi) is 10.3. The number of aromatic nitrogens is 1. The second-order valence-electron chi connectivity index (χ2n) is 11.1. The highest BCUT2D eigenvalue weighted by Crippen LogP contribution is 2.47. The zero-order valence-electron chi connectivity index (χ0n) is 24.9. The number of nitrogens with zero attached hydrogens (tertiary/aromatic N) is 2. The molecular formula is C33H38N4O6S. The van der Waals surface area contributed by atoms with Crippen molar-refractivity contribution in [1.82, 2.24) is 20.1 Å². The molecule has 10 nitrogen and oxygen atoms in total. The second-order valence-corrected chi connectivity index (χ2v) is 11.1. The summed E-state index contributed by atoms with van der Waals surface area (Å²) in [6.07, 6.45) is 3.58. The van der Waals surface area contributed by atoms with Gasteiger partial charge in [0.25, 0.3) is 11.5 Å². The highest BCUT2D eigenvalue weighted by Gasteiger charge is 2.49. The maximum Gasteiger partial charge on any atom is 0.325 e. The SMILES string of the molecule is COC(=O)CNC(=O)[C@@]1(c2ccccc2)CC[C@H](C(=O)N2CCC(NC(=O)c3cccn(C)c3=O)CC2)c2ccccc21.S. The van der Waals surface area contributed by atoms with E-state index >= 15 is 0 Å². The van der Waals surface area contributed by atoms with Crippen molar-refractivity contribution in [3.63, 3.8) is 0 Å². The van der Waals surface area contributed by atoms with Gasteiger partial charge in [-0.05, 0) is 54.5 Å². The molecule has 3 amide bonds. The Labute approximate surface area is 263 Å². The van der Waals surface area contributed by atoms with Gasteiger partial charge in [0.2, 0.25) is 11.8 Å². The number of likely N-dealkylation sites (tertiary alicyclic amines) is 1. The van der Waals surface area contributed by atoms with E-state index in [2.05, 4.69) is 10.6 Å². The molecule has 2 aliphatic rings. The lowest BCUT2D eigenvalue weighted by Gasteiger charge is -2.42. The van der Waals surface area contributed by atoms with Gasteiger partial charge in [0.15, 0.2) is 0 Å². The highest BCUT2D eigenvalue weighted by atomic mass is 32.1. The van der Waals surface area contributed by atoms with Crippen LogP contribution in [0.5, 0.6) is 0 Å². The molecule has 3 aromatic rings. The molecule has 5 rings (SSSR count). The predicted octanol–water partition coefficient (Wildman–Crippen LogP) is 2.37. The number of methoxy groups -OCH3 is 1. The van der Waals surface area contributed by atoms with Crippen molar-refractivity contribution in [3.8, 4) is 0 Å². The summed E-state index contributed by atoms with van der Waals surface area (Å²) in [5.41, 5.74) is 1.01. The average molecular weight is 619 g/mol. The number of aryl methyl sites for hydroxylation is 1. The Balaban J connectivity index is 0.00000442. The molecule has 44 heavy (non-hydrogen) atoms. The Hall–Kier alpha value is -4.38. The van der Waals surface area contributed by atoms with Crippen LogP contribution in [0.25, 0.3) is 0 Å². The quantitative estimate of drug-likeness (QED) is 0.392. The van der Waals surface area contributed by atoms with Gasteiger partial charge in [0.05, 0.1) is 18.4 Å². The van der Waals surface area contributed by atoms with Crippen molar-refractivity contribution >= 4 is 37.2 Å². The third-order valence-corrected chi connectivity index (χ3v) is 8.69. The molecule has 0 saturated carbocycles. The maximum absolute atomic E-state index is 14.0. The van der Waals surface area contributed by atoms with Crippen LogP contribution in [0.4, 0.5) is 0 Å². The molecule has 0 spiro atoms. The number of pyridine rings is 1. The molecule has 1 saturated heterocycles. The third-order valence-electron chi connectivity index (χ3n) is 8.69. The fourth-order valence-corrected chi connectivity index (χ4v) is 6.36. The van der Waals surface area contributed by atoms with Crippen LogP contribution in [0.1, 0.15) is 58.6 Å². The van der Waals surface area contributed by atoms with Crippen molar-refractivity contribution < 1.29 is 23.9 Å². The van der Waals surface area contributed by atoms with Gasteiger partial charge in [-0.1, -0.05) is 54.6 Å². The Morgan fingerprint density at radius 2 is 1.61 bits per heavy atom. The van der Waals surface area contributed by atoms with E-state index in [4.69, 9.17) is 4.74 Å². The van der Waals surface area contributed by atoms with Crippen LogP contribution in [-0.2, 0) is 31.6 Å². The van der Waals surface area contributed by atoms with Crippen molar-refractivity contribution in [2.45, 2.75) is 43.1 Å². The minimum atomic E-state index is -1.07. The molecule has 1 aliphatic carbocycles. The summed E-state index contributed by atoms with van der Waals surface area (Å²) in [5.74, 6) is -1.70. The molecule has 1 aromatic heterocycles. The first-order valence-corrected chi connectivity index (χ1v) is 14.5. The first-order valence-electron chi connectivity index (χ1n) is 14.5. The van der Waals surface area contributed by atoms with Crippen molar-refractivity contribution in [1.29, 1.82) is 0 Å². The topological polar surface area (TPSA) is 127 Å². The molecule has 232 valence electrons. The van der Waals surface area contributed by atoms with E-state index in [1.165, 1.54) is 17.7 Å². The van der Waals surface area contributed by atoms with E-state index in [1.54, 1.807) is 19.3 Å². The summed E-state index contributed by atoms with van der Waals surface area (Å²) in [4.78, 5) is 66.6. The number of amides is 3. The Morgan fingerprint density at radius 3 is 2.32 bits per heavy atom. The van der Waals surface area contributed by atoms with Gasteiger partial charge in [0.1, 0.15) is 12.1 Å². The number of hydrogen-bond acceptors (Lipinski definition) is 6. The Morgan fingerprint density at radius 1 is 0.932 bits per heavy atom. The lowest BCUT2D eigenvalue weighted by atomic mass is 9.62. The smallest absolute Gasteiger partial charge is 0.325 e. The standard InChI is InChI=1S/C33H36N4O6.H2S/c1-36-18-8-12-26(30(36)40)29(39)35-23-15-19-37(20-16-23)31(41)25-14-17-33(22-9-4-3-5-10-22,27-13-7-6-11-24(25)27)32(42)34-21-28(38)43-2;/h3-13,18,23,25H,14-17,19-21H2,1-2H3,(H,34,42)(H,35,39);1H2/t25-,33+;/m0./s1. The van der Waals surface area contributed by atoms with Gasteiger partial charge < -0.3 is 24.8 Å². The first-order chi connectivity index (χ1) is 20.8. The predicted molar refractivity (Wildman–Crippen MR) is 170 cm³/mol. The Bertz CT molecular complexity index is 1580. The summed E-state index contributed by atoms with van der Waals surface area (Å²) < 4.78 is 6.10. The van der Waals surface area contributed by atoms with Gasteiger partial charge in [-0.2, -0.15) is 13.5 Å². The summed E-state index contributed by atoms with van der Waals surface area (Å²) in [6.45, 7) is 0.691. The molecule has 2 aromatic carbocycles. The zero-order chi connectivity index (χ0) is 30.6. The average Bonchev–Trinajstić information content (AvgIpc) is 3.04. The van der Waals surface area contributed by atoms with Gasteiger partial charge in [-0.3, -0.25) is 24.0 Å². The van der Waals surface area contributed by atoms with Gasteiger partial charge >= 0.3 is 5.97 Å². The van der Waals surface area contributed by atoms with Gasteiger partial charge in [0, 0.05) is 32.4 Å². The minimum absolute atomic E-state index is 0. The summed E-state index contributed by atoms with van der Waals surface area (Å²) in [6, 6.07) is 20.0. The molecule has 2 heterocycles. The lowest BCUT2D eigenvalue weighted by molar-refractivity contribution is -0.141. The second kappa shape index (κ2) is 13.9. The van der Waals surface area contributed by atoms with Gasteiger partial charge in [-0.25, -0.2) is 0 Å². The van der Waals surface area contributed by atoms with Crippen LogP contribution in [0.3, 0.4) is 0 Å². The van der Waals surface area contributed by atoms with Crippen LogP contribution < -0.4 is 16.2 Å².